The summed E-state index contributed by atoms with van der Waals surface area (Å²) in [4.78, 5) is 26.2. The Hall–Kier alpha value is -2.67. The monoisotopic (exact) mass is 340 g/mol. The van der Waals surface area contributed by atoms with Gasteiger partial charge in [0.25, 0.3) is 5.91 Å². The lowest BCUT2D eigenvalue weighted by Gasteiger charge is -2.42. The van der Waals surface area contributed by atoms with Gasteiger partial charge in [-0.1, -0.05) is 18.2 Å². The van der Waals surface area contributed by atoms with Crippen LogP contribution in [0, 0.1) is 6.92 Å². The van der Waals surface area contributed by atoms with Crippen LogP contribution in [0.4, 0.5) is 0 Å². The van der Waals surface area contributed by atoms with Gasteiger partial charge in [-0.3, -0.25) is 14.3 Å². The maximum absolute atomic E-state index is 12.4. The van der Waals surface area contributed by atoms with Crippen LogP contribution in [0.15, 0.2) is 36.7 Å². The van der Waals surface area contributed by atoms with Crippen LogP contribution in [0.3, 0.4) is 0 Å². The number of rotatable bonds is 4. The highest BCUT2D eigenvalue weighted by Gasteiger charge is 2.43. The number of benzene rings is 1. The number of fused-ring (bicyclic) bond motifs is 1. The van der Waals surface area contributed by atoms with E-state index in [1.807, 2.05) is 31.3 Å². The van der Waals surface area contributed by atoms with Gasteiger partial charge < -0.3 is 15.3 Å². The summed E-state index contributed by atoms with van der Waals surface area (Å²) in [5.74, 6) is -0.328. The lowest BCUT2D eigenvalue weighted by atomic mass is 9.83. The van der Waals surface area contributed by atoms with Gasteiger partial charge >= 0.3 is 0 Å². The molecule has 4 rings (SSSR count). The molecule has 2 aliphatic rings. The van der Waals surface area contributed by atoms with E-state index in [0.29, 0.717) is 18.5 Å². The molecule has 0 unspecified atom stereocenters. The third-order valence-corrected chi connectivity index (χ3v) is 4.92. The summed E-state index contributed by atoms with van der Waals surface area (Å²) >= 11 is 0. The summed E-state index contributed by atoms with van der Waals surface area (Å²) < 4.78 is 1.70. The molecular formula is C18H20N4O3. The number of carbonyl (C=O) groups excluding carboxylic acids is 2. The standard InChI is InChI=1S/C18H20N4O3/c1-11-7-19-22(8-11)17-14(6-15(17)23)20-16(24)10-21-9-12-4-2-3-5-13(12)18(21)25/h2-5,7-8,14-15,17,23H,6,9-10H2,1H3,(H,20,24)/t14-,15+,17+/m0/s1. The second-order valence-electron chi connectivity index (χ2n) is 6.78. The summed E-state index contributed by atoms with van der Waals surface area (Å²) in [5.41, 5.74) is 2.62. The van der Waals surface area contributed by atoms with E-state index in [1.165, 1.54) is 0 Å². The molecule has 2 N–H and O–H groups in total. The topological polar surface area (TPSA) is 87.5 Å². The normalized spacial score (nSPS) is 24.8. The predicted octanol–water partition coefficient (Wildman–Crippen LogP) is 0.638. The van der Waals surface area contributed by atoms with Gasteiger partial charge in [-0.25, -0.2) is 0 Å². The number of nitrogens with zero attached hydrogens (tertiary/aromatic N) is 3. The summed E-state index contributed by atoms with van der Waals surface area (Å²) in [6, 6.07) is 6.97. The molecule has 0 saturated heterocycles. The van der Waals surface area contributed by atoms with Gasteiger partial charge in [-0.05, 0) is 30.5 Å². The quantitative estimate of drug-likeness (QED) is 0.855. The SMILES string of the molecule is Cc1cnn([C@H]2[C@H](O)C[C@@H]2NC(=O)CN2Cc3ccccc3C2=O)c1. The van der Waals surface area contributed by atoms with Crippen molar-refractivity contribution in [3.05, 3.63) is 53.3 Å². The highest BCUT2D eigenvalue weighted by molar-refractivity contribution is 6.00. The van der Waals surface area contributed by atoms with Crippen LogP contribution in [0.5, 0.6) is 0 Å². The number of aliphatic hydroxyl groups excluding tert-OH is 1. The van der Waals surface area contributed by atoms with Gasteiger partial charge in [0.05, 0.1) is 24.4 Å². The number of hydrogen-bond acceptors (Lipinski definition) is 4. The van der Waals surface area contributed by atoms with E-state index in [2.05, 4.69) is 10.4 Å². The summed E-state index contributed by atoms with van der Waals surface area (Å²) in [5, 5.41) is 17.2. The van der Waals surface area contributed by atoms with Crippen molar-refractivity contribution in [2.45, 2.75) is 38.1 Å². The number of nitrogens with one attached hydrogen (secondary N) is 1. The summed E-state index contributed by atoms with van der Waals surface area (Å²) in [7, 11) is 0. The van der Waals surface area contributed by atoms with E-state index in [0.717, 1.165) is 11.1 Å². The van der Waals surface area contributed by atoms with Gasteiger partial charge in [0.2, 0.25) is 5.91 Å². The number of aromatic nitrogens is 2. The zero-order chi connectivity index (χ0) is 17.6. The molecule has 1 aromatic heterocycles. The number of hydrogen-bond donors (Lipinski definition) is 2. The fourth-order valence-electron chi connectivity index (χ4n) is 3.58. The van der Waals surface area contributed by atoms with Crippen molar-refractivity contribution in [1.82, 2.24) is 20.0 Å². The van der Waals surface area contributed by atoms with Crippen molar-refractivity contribution >= 4 is 11.8 Å². The lowest BCUT2D eigenvalue weighted by molar-refractivity contribution is -0.125. The Balaban J connectivity index is 1.38. The first-order valence-corrected chi connectivity index (χ1v) is 8.38. The van der Waals surface area contributed by atoms with Crippen LogP contribution in [0.1, 0.15) is 33.9 Å². The number of amides is 2. The Morgan fingerprint density at radius 1 is 1.40 bits per heavy atom. The van der Waals surface area contributed by atoms with E-state index in [1.54, 1.807) is 21.8 Å². The first kappa shape index (κ1) is 15.8. The third-order valence-electron chi connectivity index (χ3n) is 4.92. The third kappa shape index (κ3) is 2.80. The molecule has 25 heavy (non-hydrogen) atoms. The molecule has 2 aromatic rings. The molecular weight excluding hydrogens is 320 g/mol. The highest BCUT2D eigenvalue weighted by Crippen LogP contribution is 2.32. The zero-order valence-electron chi connectivity index (χ0n) is 13.9. The van der Waals surface area contributed by atoms with E-state index in [9.17, 15) is 14.7 Å². The van der Waals surface area contributed by atoms with Crippen LogP contribution in [0.2, 0.25) is 0 Å². The molecule has 1 aromatic carbocycles. The minimum atomic E-state index is -0.526. The lowest BCUT2D eigenvalue weighted by Crippen LogP contribution is -2.57. The number of aryl methyl sites for hydroxylation is 1. The summed E-state index contributed by atoms with van der Waals surface area (Å²) in [6.45, 7) is 2.40. The largest absolute Gasteiger partial charge is 0.391 e. The van der Waals surface area contributed by atoms with Crippen molar-refractivity contribution < 1.29 is 14.7 Å². The van der Waals surface area contributed by atoms with Gasteiger partial charge in [0.1, 0.15) is 6.54 Å². The molecule has 130 valence electrons. The molecule has 1 fully saturated rings. The first-order valence-electron chi connectivity index (χ1n) is 8.38. The number of aliphatic hydroxyl groups is 1. The highest BCUT2D eigenvalue weighted by atomic mass is 16.3. The molecule has 3 atom stereocenters. The Morgan fingerprint density at radius 3 is 2.88 bits per heavy atom. The predicted molar refractivity (Wildman–Crippen MR) is 89.7 cm³/mol. The van der Waals surface area contributed by atoms with E-state index >= 15 is 0 Å². The van der Waals surface area contributed by atoms with Gasteiger partial charge in [-0.2, -0.15) is 5.10 Å². The molecule has 7 nitrogen and oxygen atoms in total. The van der Waals surface area contributed by atoms with Crippen LogP contribution in [-0.2, 0) is 11.3 Å². The maximum atomic E-state index is 12.4. The summed E-state index contributed by atoms with van der Waals surface area (Å²) in [6.07, 6.45) is 3.54. The Kier molecular flexibility index (Phi) is 3.80. The molecule has 0 bridgehead atoms. The zero-order valence-corrected chi connectivity index (χ0v) is 13.9. The maximum Gasteiger partial charge on any atom is 0.254 e. The van der Waals surface area contributed by atoms with Gasteiger partial charge in [0.15, 0.2) is 0 Å². The van der Waals surface area contributed by atoms with Crippen molar-refractivity contribution in [2.75, 3.05) is 6.54 Å². The minimum absolute atomic E-state index is 0.0188. The Labute approximate surface area is 145 Å². The Bertz CT molecular complexity index is 831. The van der Waals surface area contributed by atoms with E-state index in [-0.39, 0.29) is 30.4 Å². The van der Waals surface area contributed by atoms with Crippen LogP contribution in [0.25, 0.3) is 0 Å². The van der Waals surface area contributed by atoms with Crippen molar-refractivity contribution in [3.63, 3.8) is 0 Å². The molecule has 2 heterocycles. The molecule has 2 amide bonds. The molecule has 0 radical (unpaired) electrons. The average molecular weight is 340 g/mol. The van der Waals surface area contributed by atoms with Crippen molar-refractivity contribution in [1.29, 1.82) is 0 Å². The second kappa shape index (κ2) is 6.00. The van der Waals surface area contributed by atoms with Gasteiger partial charge in [-0.15, -0.1) is 0 Å². The molecule has 1 saturated carbocycles. The van der Waals surface area contributed by atoms with Crippen molar-refractivity contribution in [3.8, 4) is 0 Å². The van der Waals surface area contributed by atoms with E-state index < -0.39 is 6.10 Å². The first-order chi connectivity index (χ1) is 12.0. The van der Waals surface area contributed by atoms with Crippen LogP contribution >= 0.6 is 0 Å². The molecule has 1 aliphatic carbocycles. The van der Waals surface area contributed by atoms with E-state index in [4.69, 9.17) is 0 Å². The van der Waals surface area contributed by atoms with Crippen molar-refractivity contribution in [2.24, 2.45) is 0 Å². The van der Waals surface area contributed by atoms with Crippen LogP contribution in [-0.4, -0.2) is 50.3 Å². The molecule has 0 spiro atoms. The molecule has 1 aliphatic heterocycles. The second-order valence-corrected chi connectivity index (χ2v) is 6.78. The Morgan fingerprint density at radius 2 is 2.20 bits per heavy atom. The fourth-order valence-corrected chi connectivity index (χ4v) is 3.58. The smallest absolute Gasteiger partial charge is 0.254 e. The van der Waals surface area contributed by atoms with Crippen LogP contribution < -0.4 is 5.32 Å². The fraction of sp³-hybridized carbons (Fsp3) is 0.389. The average Bonchev–Trinajstić information content (AvgIpc) is 3.11. The van der Waals surface area contributed by atoms with Gasteiger partial charge in [0, 0.05) is 18.3 Å². The number of carbonyl (C=O) groups is 2. The minimum Gasteiger partial charge on any atom is -0.391 e. The molecule has 7 heteroatoms.